The van der Waals surface area contributed by atoms with Crippen LogP contribution in [0, 0.1) is 0 Å². The molecular weight excluding hydrogens is 294 g/mol. The summed E-state index contributed by atoms with van der Waals surface area (Å²) in [7, 11) is 4.75. The van der Waals surface area contributed by atoms with E-state index in [0.29, 0.717) is 22.9 Å². The summed E-state index contributed by atoms with van der Waals surface area (Å²) in [6.45, 7) is 0. The molecule has 0 aliphatic heterocycles. The summed E-state index contributed by atoms with van der Waals surface area (Å²) in [4.78, 5) is 12.0. The molecule has 0 aliphatic carbocycles. The molecule has 2 rings (SSSR count). The summed E-state index contributed by atoms with van der Waals surface area (Å²) in [5, 5.41) is 2.78. The van der Waals surface area contributed by atoms with Crippen LogP contribution in [0.1, 0.15) is 5.56 Å². The van der Waals surface area contributed by atoms with Crippen LogP contribution in [0.3, 0.4) is 0 Å². The van der Waals surface area contributed by atoms with Crippen LogP contribution in [0.5, 0.6) is 17.2 Å². The second-order valence-corrected chi connectivity index (χ2v) is 4.66. The van der Waals surface area contributed by atoms with E-state index in [4.69, 9.17) is 14.2 Å². The molecule has 5 heteroatoms. The Bertz CT molecular complexity index is 710. The second-order valence-electron chi connectivity index (χ2n) is 4.66. The lowest BCUT2D eigenvalue weighted by Gasteiger charge is -2.07. The van der Waals surface area contributed by atoms with Crippen molar-refractivity contribution in [1.29, 1.82) is 0 Å². The van der Waals surface area contributed by atoms with E-state index in [1.807, 2.05) is 12.1 Å². The number of ether oxygens (including phenoxy) is 3. The van der Waals surface area contributed by atoms with Gasteiger partial charge in [-0.3, -0.25) is 4.79 Å². The van der Waals surface area contributed by atoms with E-state index < -0.39 is 0 Å². The Morgan fingerprint density at radius 3 is 2.39 bits per heavy atom. The SMILES string of the molecule is COc1cccc(NC(=O)/C=C/c2cc(OC)ccc2OC)c1. The minimum atomic E-state index is -0.247. The van der Waals surface area contributed by atoms with E-state index in [2.05, 4.69) is 5.32 Å². The first-order valence-corrected chi connectivity index (χ1v) is 7.01. The molecule has 120 valence electrons. The van der Waals surface area contributed by atoms with Crippen LogP contribution in [-0.4, -0.2) is 27.2 Å². The summed E-state index contributed by atoms with van der Waals surface area (Å²) in [5.41, 5.74) is 1.42. The van der Waals surface area contributed by atoms with Crippen molar-refractivity contribution in [2.75, 3.05) is 26.6 Å². The molecule has 0 spiro atoms. The number of carbonyl (C=O) groups excluding carboxylic acids is 1. The molecule has 0 radical (unpaired) electrons. The fourth-order valence-electron chi connectivity index (χ4n) is 2.02. The maximum absolute atomic E-state index is 12.0. The lowest BCUT2D eigenvalue weighted by molar-refractivity contribution is -0.111. The Hall–Kier alpha value is -2.95. The normalized spacial score (nSPS) is 10.4. The van der Waals surface area contributed by atoms with Gasteiger partial charge in [0.15, 0.2) is 0 Å². The van der Waals surface area contributed by atoms with Crippen LogP contribution in [0.25, 0.3) is 6.08 Å². The Morgan fingerprint density at radius 1 is 0.957 bits per heavy atom. The van der Waals surface area contributed by atoms with Crippen molar-refractivity contribution in [3.05, 3.63) is 54.1 Å². The third kappa shape index (κ3) is 4.51. The number of rotatable bonds is 6. The predicted molar refractivity (Wildman–Crippen MR) is 90.2 cm³/mol. The Balaban J connectivity index is 2.11. The van der Waals surface area contributed by atoms with Crippen LogP contribution in [0.15, 0.2) is 48.5 Å². The zero-order valence-corrected chi connectivity index (χ0v) is 13.3. The predicted octanol–water partition coefficient (Wildman–Crippen LogP) is 3.36. The smallest absolute Gasteiger partial charge is 0.248 e. The van der Waals surface area contributed by atoms with Crippen molar-refractivity contribution in [1.82, 2.24) is 0 Å². The van der Waals surface area contributed by atoms with E-state index in [9.17, 15) is 4.79 Å². The summed E-state index contributed by atoms with van der Waals surface area (Å²) >= 11 is 0. The largest absolute Gasteiger partial charge is 0.497 e. The van der Waals surface area contributed by atoms with Crippen molar-refractivity contribution < 1.29 is 19.0 Å². The number of carbonyl (C=O) groups is 1. The molecule has 2 aromatic carbocycles. The first-order valence-electron chi connectivity index (χ1n) is 7.01. The first-order chi connectivity index (χ1) is 11.2. The van der Waals surface area contributed by atoms with E-state index >= 15 is 0 Å². The standard InChI is InChI=1S/C18H19NO4/c1-21-15-6-4-5-14(12-15)19-18(20)10-7-13-11-16(22-2)8-9-17(13)23-3/h4-12H,1-3H3,(H,19,20)/b10-7+. The fourth-order valence-corrected chi connectivity index (χ4v) is 2.02. The number of anilines is 1. The van der Waals surface area contributed by atoms with Crippen molar-refractivity contribution in [2.24, 2.45) is 0 Å². The molecule has 0 unspecified atom stereocenters. The highest BCUT2D eigenvalue weighted by Gasteiger charge is 2.04. The monoisotopic (exact) mass is 313 g/mol. The first kappa shape index (κ1) is 16.4. The van der Waals surface area contributed by atoms with E-state index in [0.717, 1.165) is 5.56 Å². The Kier molecular flexibility index (Phi) is 5.63. The number of methoxy groups -OCH3 is 3. The number of hydrogen-bond acceptors (Lipinski definition) is 4. The van der Waals surface area contributed by atoms with Gasteiger partial charge in [-0.1, -0.05) is 6.07 Å². The van der Waals surface area contributed by atoms with Crippen molar-refractivity contribution >= 4 is 17.7 Å². The number of benzene rings is 2. The molecule has 1 N–H and O–H groups in total. The average molecular weight is 313 g/mol. The molecule has 1 amide bonds. The molecule has 0 saturated heterocycles. The van der Waals surface area contributed by atoms with Gasteiger partial charge in [-0.15, -0.1) is 0 Å². The third-order valence-corrected chi connectivity index (χ3v) is 3.19. The van der Waals surface area contributed by atoms with Gasteiger partial charge in [-0.25, -0.2) is 0 Å². The van der Waals surface area contributed by atoms with Crippen molar-refractivity contribution in [3.8, 4) is 17.2 Å². The highest BCUT2D eigenvalue weighted by Crippen LogP contribution is 2.25. The van der Waals surface area contributed by atoms with Crippen LogP contribution < -0.4 is 19.5 Å². The summed E-state index contributed by atoms with van der Waals surface area (Å²) in [6, 6.07) is 12.5. The molecule has 2 aromatic rings. The summed E-state index contributed by atoms with van der Waals surface area (Å²) < 4.78 is 15.6. The highest BCUT2D eigenvalue weighted by molar-refractivity contribution is 6.02. The maximum Gasteiger partial charge on any atom is 0.248 e. The van der Waals surface area contributed by atoms with Gasteiger partial charge in [0.25, 0.3) is 0 Å². The van der Waals surface area contributed by atoms with Crippen LogP contribution in [-0.2, 0) is 4.79 Å². The van der Waals surface area contributed by atoms with Gasteiger partial charge < -0.3 is 19.5 Å². The molecule has 0 aromatic heterocycles. The highest BCUT2D eigenvalue weighted by atomic mass is 16.5. The molecule has 0 saturated carbocycles. The molecule has 0 bridgehead atoms. The van der Waals surface area contributed by atoms with E-state index in [-0.39, 0.29) is 5.91 Å². The lowest BCUT2D eigenvalue weighted by Crippen LogP contribution is -2.07. The zero-order valence-electron chi connectivity index (χ0n) is 13.3. The molecule has 0 aliphatic rings. The second kappa shape index (κ2) is 7.89. The van der Waals surface area contributed by atoms with E-state index in [1.54, 1.807) is 57.7 Å². The number of nitrogens with one attached hydrogen (secondary N) is 1. The Labute approximate surface area is 135 Å². The molecule has 23 heavy (non-hydrogen) atoms. The fraction of sp³-hybridized carbons (Fsp3) is 0.167. The van der Waals surface area contributed by atoms with E-state index in [1.165, 1.54) is 6.08 Å². The minimum Gasteiger partial charge on any atom is -0.497 e. The van der Waals surface area contributed by atoms with Gasteiger partial charge in [0.1, 0.15) is 17.2 Å². The lowest BCUT2D eigenvalue weighted by atomic mass is 10.1. The summed E-state index contributed by atoms with van der Waals surface area (Å²) in [6.07, 6.45) is 3.12. The van der Waals surface area contributed by atoms with Crippen LogP contribution in [0.4, 0.5) is 5.69 Å². The zero-order chi connectivity index (χ0) is 16.7. The van der Waals surface area contributed by atoms with Crippen LogP contribution in [0.2, 0.25) is 0 Å². The van der Waals surface area contributed by atoms with Crippen LogP contribution >= 0.6 is 0 Å². The summed E-state index contributed by atoms with van der Waals surface area (Å²) in [5.74, 6) is 1.79. The topological polar surface area (TPSA) is 56.8 Å². The third-order valence-electron chi connectivity index (χ3n) is 3.19. The molecule has 5 nitrogen and oxygen atoms in total. The molecule has 0 atom stereocenters. The van der Waals surface area contributed by atoms with Gasteiger partial charge in [0.2, 0.25) is 5.91 Å². The van der Waals surface area contributed by atoms with Crippen molar-refractivity contribution in [2.45, 2.75) is 0 Å². The van der Waals surface area contributed by atoms with Gasteiger partial charge in [-0.2, -0.15) is 0 Å². The number of amides is 1. The quantitative estimate of drug-likeness (QED) is 0.831. The Morgan fingerprint density at radius 2 is 1.70 bits per heavy atom. The van der Waals surface area contributed by atoms with Gasteiger partial charge in [-0.05, 0) is 36.4 Å². The molecule has 0 fully saturated rings. The number of hydrogen-bond donors (Lipinski definition) is 1. The molecular formula is C18H19NO4. The van der Waals surface area contributed by atoms with Gasteiger partial charge in [0, 0.05) is 23.4 Å². The maximum atomic E-state index is 12.0. The molecule has 0 heterocycles. The van der Waals surface area contributed by atoms with Gasteiger partial charge in [0.05, 0.1) is 21.3 Å². The van der Waals surface area contributed by atoms with Crippen molar-refractivity contribution in [3.63, 3.8) is 0 Å². The minimum absolute atomic E-state index is 0.247. The van der Waals surface area contributed by atoms with Gasteiger partial charge >= 0.3 is 0 Å². The average Bonchev–Trinajstić information content (AvgIpc) is 2.59.